The first kappa shape index (κ1) is 10.4. The molecule has 4 nitrogen and oxygen atoms in total. The molecule has 0 fully saturated rings. The lowest BCUT2D eigenvalue weighted by atomic mass is 10.2. The maximum Gasteiger partial charge on any atom is 0.273 e. The van der Waals surface area contributed by atoms with Gasteiger partial charge in [-0.15, -0.1) is 0 Å². The molecule has 0 saturated heterocycles. The fourth-order valence-corrected chi connectivity index (χ4v) is 1.55. The second kappa shape index (κ2) is 4.18. The van der Waals surface area contributed by atoms with Gasteiger partial charge in [0.25, 0.3) is 5.56 Å². The van der Waals surface area contributed by atoms with E-state index < -0.39 is 0 Å². The highest BCUT2D eigenvalue weighted by molar-refractivity contribution is 5.63. The molecule has 2 aromatic rings. The highest BCUT2D eigenvalue weighted by atomic mass is 16.5. The lowest BCUT2D eigenvalue weighted by Gasteiger charge is -2.07. The summed E-state index contributed by atoms with van der Waals surface area (Å²) in [5.74, 6) is 1.22. The molecule has 0 aliphatic heterocycles. The first-order valence-electron chi connectivity index (χ1n) is 4.92. The highest BCUT2D eigenvalue weighted by Gasteiger charge is 2.07. The number of hydrogen-bond acceptors (Lipinski definition) is 3. The van der Waals surface area contributed by atoms with Crippen molar-refractivity contribution >= 4 is 0 Å². The number of nitrogens with one attached hydrogen (secondary N) is 1. The summed E-state index contributed by atoms with van der Waals surface area (Å²) in [6.07, 6.45) is 0. The fourth-order valence-electron chi connectivity index (χ4n) is 1.55. The van der Waals surface area contributed by atoms with Crippen molar-refractivity contribution in [1.82, 2.24) is 9.97 Å². The predicted molar refractivity (Wildman–Crippen MR) is 61.6 cm³/mol. The number of rotatable bonds is 2. The largest absolute Gasteiger partial charge is 0.496 e. The molecular formula is C12H12N2O2. The van der Waals surface area contributed by atoms with Crippen LogP contribution in [0.5, 0.6) is 5.75 Å². The monoisotopic (exact) mass is 216 g/mol. The van der Waals surface area contributed by atoms with Gasteiger partial charge in [0.1, 0.15) is 11.6 Å². The number of aryl methyl sites for hydroxylation is 1. The van der Waals surface area contributed by atoms with Crippen LogP contribution in [0.2, 0.25) is 0 Å². The number of para-hydroxylation sites is 1. The first-order chi connectivity index (χ1) is 7.70. The van der Waals surface area contributed by atoms with E-state index in [4.69, 9.17) is 4.74 Å². The predicted octanol–water partition coefficient (Wildman–Crippen LogP) is 1.75. The van der Waals surface area contributed by atoms with Crippen LogP contribution in [0.3, 0.4) is 0 Å². The van der Waals surface area contributed by atoms with E-state index in [2.05, 4.69) is 9.97 Å². The van der Waals surface area contributed by atoms with Crippen molar-refractivity contribution in [2.75, 3.05) is 7.11 Å². The maximum absolute atomic E-state index is 11.3. The molecule has 0 spiro atoms. The number of aromatic amines is 1. The molecule has 0 unspecified atom stereocenters. The average Bonchev–Trinajstić information content (AvgIpc) is 2.27. The Labute approximate surface area is 92.9 Å². The van der Waals surface area contributed by atoms with Gasteiger partial charge in [-0.1, -0.05) is 12.1 Å². The van der Waals surface area contributed by atoms with Crippen molar-refractivity contribution in [2.45, 2.75) is 6.92 Å². The molecule has 0 radical (unpaired) electrons. The third-order valence-corrected chi connectivity index (χ3v) is 2.24. The number of H-pyrrole nitrogens is 1. The molecule has 0 saturated carbocycles. The van der Waals surface area contributed by atoms with E-state index in [9.17, 15) is 4.79 Å². The number of nitrogens with zero attached hydrogens (tertiary/aromatic N) is 1. The molecule has 0 aliphatic rings. The first-order valence-corrected chi connectivity index (χ1v) is 4.92. The molecule has 0 amide bonds. The van der Waals surface area contributed by atoms with Crippen molar-refractivity contribution in [3.8, 4) is 17.1 Å². The van der Waals surface area contributed by atoms with Crippen LogP contribution in [0.1, 0.15) is 5.69 Å². The summed E-state index contributed by atoms with van der Waals surface area (Å²) in [5, 5.41) is 0. The lowest BCUT2D eigenvalue weighted by Crippen LogP contribution is -2.08. The van der Waals surface area contributed by atoms with E-state index in [1.165, 1.54) is 6.07 Å². The quantitative estimate of drug-likeness (QED) is 0.832. The number of ether oxygens (including phenoxy) is 1. The van der Waals surface area contributed by atoms with Crippen LogP contribution in [-0.2, 0) is 0 Å². The number of hydrogen-bond donors (Lipinski definition) is 1. The van der Waals surface area contributed by atoms with Gasteiger partial charge in [-0.3, -0.25) is 4.79 Å². The molecule has 82 valence electrons. The molecule has 2 rings (SSSR count). The molecule has 4 heteroatoms. The van der Waals surface area contributed by atoms with Crippen molar-refractivity contribution < 1.29 is 4.74 Å². The molecule has 16 heavy (non-hydrogen) atoms. The third-order valence-electron chi connectivity index (χ3n) is 2.24. The van der Waals surface area contributed by atoms with Gasteiger partial charge in [-0.05, 0) is 19.1 Å². The second-order valence-corrected chi connectivity index (χ2v) is 3.45. The van der Waals surface area contributed by atoms with Crippen LogP contribution in [0, 0.1) is 6.92 Å². The summed E-state index contributed by atoms with van der Waals surface area (Å²) in [6, 6.07) is 8.89. The third kappa shape index (κ3) is 1.95. The van der Waals surface area contributed by atoms with Crippen molar-refractivity contribution in [2.24, 2.45) is 0 Å². The van der Waals surface area contributed by atoms with Crippen molar-refractivity contribution in [3.63, 3.8) is 0 Å². The summed E-state index contributed by atoms with van der Waals surface area (Å²) in [6.45, 7) is 1.82. The maximum atomic E-state index is 11.3. The van der Waals surface area contributed by atoms with Gasteiger partial charge in [0, 0.05) is 11.8 Å². The Balaban J connectivity index is 2.62. The SMILES string of the molecule is COc1ccccc1-c1nc(=O)cc(C)[nH]1. The van der Waals surface area contributed by atoms with Crippen LogP contribution >= 0.6 is 0 Å². The topological polar surface area (TPSA) is 55.0 Å². The van der Waals surface area contributed by atoms with E-state index in [1.54, 1.807) is 7.11 Å². The summed E-state index contributed by atoms with van der Waals surface area (Å²) < 4.78 is 5.22. The lowest BCUT2D eigenvalue weighted by molar-refractivity contribution is 0.416. The Morgan fingerprint density at radius 3 is 2.75 bits per heavy atom. The van der Waals surface area contributed by atoms with E-state index in [0.29, 0.717) is 11.6 Å². The summed E-state index contributed by atoms with van der Waals surface area (Å²) >= 11 is 0. The van der Waals surface area contributed by atoms with Gasteiger partial charge in [-0.25, -0.2) is 0 Å². The van der Waals surface area contributed by atoms with Gasteiger partial charge < -0.3 is 9.72 Å². The fraction of sp³-hybridized carbons (Fsp3) is 0.167. The van der Waals surface area contributed by atoms with Gasteiger partial charge >= 0.3 is 0 Å². The molecule has 1 aromatic carbocycles. The minimum Gasteiger partial charge on any atom is -0.496 e. The molecule has 0 aliphatic carbocycles. The van der Waals surface area contributed by atoms with Gasteiger partial charge in [-0.2, -0.15) is 4.98 Å². The van der Waals surface area contributed by atoms with Crippen LogP contribution in [0.25, 0.3) is 11.4 Å². The van der Waals surface area contributed by atoms with Crippen LogP contribution in [-0.4, -0.2) is 17.1 Å². The number of aromatic nitrogens is 2. The Morgan fingerprint density at radius 1 is 1.31 bits per heavy atom. The Bertz CT molecular complexity index is 561. The van der Waals surface area contributed by atoms with Gasteiger partial charge in [0.05, 0.1) is 12.7 Å². The molecule has 1 aromatic heterocycles. The molecule has 0 atom stereocenters. The normalized spacial score (nSPS) is 10.1. The van der Waals surface area contributed by atoms with Crippen molar-refractivity contribution in [1.29, 1.82) is 0 Å². The summed E-state index contributed by atoms with van der Waals surface area (Å²) in [7, 11) is 1.59. The molecule has 1 N–H and O–H groups in total. The van der Waals surface area contributed by atoms with Crippen molar-refractivity contribution in [3.05, 3.63) is 46.4 Å². The van der Waals surface area contributed by atoms with E-state index in [-0.39, 0.29) is 5.56 Å². The number of benzene rings is 1. The molecular weight excluding hydrogens is 204 g/mol. The highest BCUT2D eigenvalue weighted by Crippen LogP contribution is 2.25. The Kier molecular flexibility index (Phi) is 2.72. The van der Waals surface area contributed by atoms with Gasteiger partial charge in [0.15, 0.2) is 0 Å². The Hall–Kier alpha value is -2.10. The zero-order valence-corrected chi connectivity index (χ0v) is 9.15. The standard InChI is InChI=1S/C12H12N2O2/c1-8-7-11(15)14-12(13-8)9-5-3-4-6-10(9)16-2/h3-7H,1-2H3,(H,13,14,15). The molecule has 0 bridgehead atoms. The van der Waals surface area contributed by atoms with Gasteiger partial charge in [0.2, 0.25) is 0 Å². The average molecular weight is 216 g/mol. The molecule has 1 heterocycles. The minimum absolute atomic E-state index is 0.253. The smallest absolute Gasteiger partial charge is 0.273 e. The zero-order valence-electron chi connectivity index (χ0n) is 9.15. The van der Waals surface area contributed by atoms with Crippen LogP contribution in [0.4, 0.5) is 0 Å². The van der Waals surface area contributed by atoms with E-state index in [0.717, 1.165) is 11.3 Å². The number of methoxy groups -OCH3 is 1. The Morgan fingerprint density at radius 2 is 2.06 bits per heavy atom. The second-order valence-electron chi connectivity index (χ2n) is 3.45. The van der Waals surface area contributed by atoms with Crippen LogP contribution < -0.4 is 10.3 Å². The van der Waals surface area contributed by atoms with E-state index in [1.807, 2.05) is 31.2 Å². The zero-order chi connectivity index (χ0) is 11.5. The summed E-state index contributed by atoms with van der Waals surface area (Å²) in [4.78, 5) is 18.3. The van der Waals surface area contributed by atoms with Crippen LogP contribution in [0.15, 0.2) is 35.1 Å². The minimum atomic E-state index is -0.253. The summed E-state index contributed by atoms with van der Waals surface area (Å²) in [5.41, 5.74) is 1.31. The van der Waals surface area contributed by atoms with E-state index >= 15 is 0 Å².